The smallest absolute Gasteiger partial charge is 0.245 e. The van der Waals surface area contributed by atoms with Crippen molar-refractivity contribution in [3.05, 3.63) is 53.3 Å². The number of aryl methyl sites for hydroxylation is 1. The molecule has 4 rings (SSSR count). The Balaban J connectivity index is 1.99. The first kappa shape index (κ1) is 23.2. The number of fused-ring (bicyclic) bond motifs is 3. The van der Waals surface area contributed by atoms with Crippen LogP contribution >= 0.6 is 0 Å². The van der Waals surface area contributed by atoms with Crippen LogP contribution in [-0.2, 0) is 17.8 Å². The number of nitrogens with two attached hydrogens (primary N) is 1. The summed E-state index contributed by atoms with van der Waals surface area (Å²) >= 11 is 0. The monoisotopic (exact) mass is 459 g/mol. The summed E-state index contributed by atoms with van der Waals surface area (Å²) in [7, 11) is 0. The fourth-order valence-corrected chi connectivity index (χ4v) is 4.08. The predicted octanol–water partition coefficient (Wildman–Crippen LogP) is 4.71. The van der Waals surface area contributed by atoms with Crippen molar-refractivity contribution in [1.82, 2.24) is 14.5 Å². The van der Waals surface area contributed by atoms with E-state index in [1.165, 1.54) is 6.07 Å². The Labute approximate surface area is 197 Å². The minimum absolute atomic E-state index is 0.154. The molecule has 2 aromatic carbocycles. The van der Waals surface area contributed by atoms with E-state index in [1.807, 2.05) is 29.7 Å². The van der Waals surface area contributed by atoms with Gasteiger partial charge in [-0.15, -0.1) is 0 Å². The number of aromatic nitrogens is 3. The van der Waals surface area contributed by atoms with E-state index in [9.17, 15) is 15.0 Å². The third-order valence-corrected chi connectivity index (χ3v) is 5.98. The number of benzene rings is 2. The number of rotatable bonds is 7. The molecule has 176 valence electrons. The van der Waals surface area contributed by atoms with Gasteiger partial charge < -0.3 is 20.5 Å². The van der Waals surface area contributed by atoms with Crippen LogP contribution in [0.2, 0.25) is 0 Å². The number of para-hydroxylation sites is 1. The van der Waals surface area contributed by atoms with Crippen molar-refractivity contribution in [2.24, 2.45) is 4.99 Å². The lowest BCUT2D eigenvalue weighted by Crippen LogP contribution is -2.07. The molecule has 4 N–H and O–H groups in total. The molecule has 8 nitrogen and oxygen atoms in total. The molecule has 0 spiro atoms. The van der Waals surface area contributed by atoms with Gasteiger partial charge in [0.05, 0.1) is 17.6 Å². The topological polar surface area (TPSA) is 127 Å². The number of unbranched alkanes of at least 4 members (excludes halogenated alkanes) is 1. The summed E-state index contributed by atoms with van der Waals surface area (Å²) in [5, 5.41) is 21.3. The minimum atomic E-state index is -0.176. The maximum Gasteiger partial charge on any atom is 0.245 e. The van der Waals surface area contributed by atoms with Crippen molar-refractivity contribution in [2.45, 2.75) is 53.0 Å². The molecule has 34 heavy (non-hydrogen) atoms. The number of amides is 1. The molecule has 2 aromatic heterocycles. The van der Waals surface area contributed by atoms with Gasteiger partial charge in [-0.3, -0.25) is 4.79 Å². The Hall–Kier alpha value is -3.94. The number of aromatic hydroxyl groups is 2. The second-order valence-corrected chi connectivity index (χ2v) is 8.37. The van der Waals surface area contributed by atoms with Crippen LogP contribution in [0, 0.1) is 0 Å². The summed E-state index contributed by atoms with van der Waals surface area (Å²) in [6, 6.07) is 10.6. The van der Waals surface area contributed by atoms with E-state index in [1.54, 1.807) is 19.1 Å². The number of phenols is 2. The number of carbonyl (C=O) groups excluding carboxylic acids is 1. The van der Waals surface area contributed by atoms with E-state index in [-0.39, 0.29) is 17.4 Å². The van der Waals surface area contributed by atoms with Crippen LogP contribution in [-0.4, -0.2) is 36.4 Å². The van der Waals surface area contributed by atoms with Crippen molar-refractivity contribution in [1.29, 1.82) is 0 Å². The number of imidazole rings is 1. The maximum absolute atomic E-state index is 11.9. The molecule has 0 unspecified atom stereocenters. The van der Waals surface area contributed by atoms with Gasteiger partial charge in [0.2, 0.25) is 5.91 Å². The molecule has 2 heterocycles. The lowest BCUT2D eigenvalue weighted by Gasteiger charge is -2.13. The lowest BCUT2D eigenvalue weighted by molar-refractivity contribution is -0.117. The molecule has 8 heteroatoms. The molecule has 0 saturated heterocycles. The average molecular weight is 460 g/mol. The summed E-state index contributed by atoms with van der Waals surface area (Å²) in [4.78, 5) is 25.4. The zero-order valence-electron chi connectivity index (χ0n) is 19.7. The highest BCUT2D eigenvalue weighted by Gasteiger charge is 2.19. The van der Waals surface area contributed by atoms with E-state index in [0.717, 1.165) is 41.6 Å². The van der Waals surface area contributed by atoms with Gasteiger partial charge in [-0.1, -0.05) is 38.5 Å². The number of carbonyl (C=O) groups is 1. The van der Waals surface area contributed by atoms with Gasteiger partial charge >= 0.3 is 0 Å². The molecule has 0 aliphatic heterocycles. The zero-order chi connectivity index (χ0) is 24.4. The number of nitrogens with zero attached hydrogens (tertiary/aromatic N) is 4. The van der Waals surface area contributed by atoms with Gasteiger partial charge in [0, 0.05) is 29.5 Å². The summed E-state index contributed by atoms with van der Waals surface area (Å²) in [6.45, 7) is 6.01. The fourth-order valence-electron chi connectivity index (χ4n) is 4.08. The molecule has 0 radical (unpaired) electrons. The highest BCUT2D eigenvalue weighted by Crippen LogP contribution is 2.34. The van der Waals surface area contributed by atoms with E-state index in [4.69, 9.17) is 10.7 Å². The van der Waals surface area contributed by atoms with Crippen LogP contribution < -0.4 is 5.73 Å². The van der Waals surface area contributed by atoms with Crippen LogP contribution in [0.3, 0.4) is 0 Å². The number of pyridine rings is 1. The third kappa shape index (κ3) is 4.31. The van der Waals surface area contributed by atoms with Gasteiger partial charge in [0.25, 0.3) is 0 Å². The third-order valence-electron chi connectivity index (χ3n) is 5.98. The second-order valence-electron chi connectivity index (χ2n) is 8.37. The first-order valence-corrected chi connectivity index (χ1v) is 11.5. The minimum Gasteiger partial charge on any atom is -0.504 e. The quantitative estimate of drug-likeness (QED) is 0.271. The molecule has 0 atom stereocenters. The molecule has 4 aromatic rings. The number of nitrogen functional groups attached to an aromatic ring is 1. The normalized spacial score (nSPS) is 12.0. The first-order valence-electron chi connectivity index (χ1n) is 11.5. The van der Waals surface area contributed by atoms with Gasteiger partial charge in [0.15, 0.2) is 17.3 Å². The number of phenolic OH excluding ortho intramolecular Hbond substituents is 2. The van der Waals surface area contributed by atoms with Gasteiger partial charge in [-0.05, 0) is 37.1 Å². The van der Waals surface area contributed by atoms with Crippen molar-refractivity contribution in [3.8, 4) is 11.5 Å². The van der Waals surface area contributed by atoms with Crippen molar-refractivity contribution < 1.29 is 15.0 Å². The van der Waals surface area contributed by atoms with Gasteiger partial charge in [0.1, 0.15) is 11.3 Å². The standard InChI is InChI=1S/C26H29N5O3/c1-4-6-10-21-30-23-24(31(21)14-17-8-7-9-20(32)25(17)34)18-13-16(15(3)28-22(33)5-2)11-12-19(18)29-26(23)27/h7-9,11-13,32,34H,4-6,10,14H2,1-3H3,(H2,27,29). The van der Waals surface area contributed by atoms with Crippen molar-refractivity contribution in [2.75, 3.05) is 5.73 Å². The summed E-state index contributed by atoms with van der Waals surface area (Å²) in [6.07, 6.45) is 3.02. The number of hydrogen-bond donors (Lipinski definition) is 3. The summed E-state index contributed by atoms with van der Waals surface area (Å²) in [5.41, 5.74) is 10.4. The van der Waals surface area contributed by atoms with E-state index in [2.05, 4.69) is 16.9 Å². The van der Waals surface area contributed by atoms with Crippen LogP contribution in [0.4, 0.5) is 5.82 Å². The van der Waals surface area contributed by atoms with Crippen LogP contribution in [0.25, 0.3) is 21.9 Å². The van der Waals surface area contributed by atoms with Crippen LogP contribution in [0.5, 0.6) is 11.5 Å². The molecular formula is C26H29N5O3. The fraction of sp³-hybridized carbons (Fsp3) is 0.308. The Morgan fingerprint density at radius 3 is 2.68 bits per heavy atom. The largest absolute Gasteiger partial charge is 0.504 e. The molecule has 1 amide bonds. The molecule has 0 aliphatic carbocycles. The highest BCUT2D eigenvalue weighted by atomic mass is 16.3. The highest BCUT2D eigenvalue weighted by molar-refractivity contribution is 6.11. The Morgan fingerprint density at radius 1 is 1.15 bits per heavy atom. The number of anilines is 1. The number of hydrogen-bond acceptors (Lipinski definition) is 6. The Morgan fingerprint density at radius 2 is 1.94 bits per heavy atom. The molecule has 0 fully saturated rings. The Kier molecular flexibility index (Phi) is 6.49. The van der Waals surface area contributed by atoms with Crippen molar-refractivity contribution >= 4 is 39.4 Å². The van der Waals surface area contributed by atoms with Crippen LogP contribution in [0.15, 0.2) is 41.4 Å². The lowest BCUT2D eigenvalue weighted by atomic mass is 10.1. The molecule has 0 aliphatic rings. The Bertz CT molecular complexity index is 1420. The first-order chi connectivity index (χ1) is 16.3. The molecule has 0 bridgehead atoms. The van der Waals surface area contributed by atoms with Crippen molar-refractivity contribution in [3.63, 3.8) is 0 Å². The van der Waals surface area contributed by atoms with E-state index < -0.39 is 0 Å². The van der Waals surface area contributed by atoms with Gasteiger partial charge in [-0.25, -0.2) is 15.0 Å². The van der Waals surface area contributed by atoms with Crippen LogP contribution in [0.1, 0.15) is 57.0 Å². The molecule has 0 saturated carbocycles. The average Bonchev–Trinajstić information content (AvgIpc) is 3.19. The van der Waals surface area contributed by atoms with Gasteiger partial charge in [-0.2, -0.15) is 0 Å². The predicted molar refractivity (Wildman–Crippen MR) is 134 cm³/mol. The summed E-state index contributed by atoms with van der Waals surface area (Å²) < 4.78 is 2.04. The molecular weight excluding hydrogens is 430 g/mol. The van der Waals surface area contributed by atoms with E-state index >= 15 is 0 Å². The SMILES string of the molecule is CCCCc1nc2c(N)nc3ccc(C(C)=NC(=O)CC)cc3c2n1Cc1cccc(O)c1O. The second kappa shape index (κ2) is 9.51. The maximum atomic E-state index is 11.9. The van der Waals surface area contributed by atoms with E-state index in [0.29, 0.717) is 41.1 Å². The number of aliphatic imine (C=N–C) groups is 1. The summed E-state index contributed by atoms with van der Waals surface area (Å²) in [5.74, 6) is 0.664. The zero-order valence-corrected chi connectivity index (χ0v) is 19.7.